The standard InChI is InChI=1S/C10H10O4/c11-6-3-1-2-5-9(6)7(12)4-8(13)10(5)14/h1-3,8,10-11,13-14H,4H2/t8-,10+/m1/s1. The fourth-order valence-electron chi connectivity index (χ4n) is 1.72. The van der Waals surface area contributed by atoms with Crippen LogP contribution in [0.1, 0.15) is 28.4 Å². The number of Topliss-reactive ketones (excluding diaryl/α,β-unsaturated/α-hetero) is 1. The molecule has 1 aromatic rings. The average molecular weight is 194 g/mol. The molecular weight excluding hydrogens is 184 g/mol. The first-order chi connectivity index (χ1) is 6.61. The highest BCUT2D eigenvalue weighted by molar-refractivity contribution is 6.01. The molecule has 74 valence electrons. The zero-order valence-electron chi connectivity index (χ0n) is 7.34. The Balaban J connectivity index is 2.61. The molecule has 0 bridgehead atoms. The number of carbonyl (C=O) groups is 1. The van der Waals surface area contributed by atoms with Crippen molar-refractivity contribution in [2.45, 2.75) is 18.6 Å². The van der Waals surface area contributed by atoms with Crippen LogP contribution in [-0.2, 0) is 0 Å². The van der Waals surface area contributed by atoms with Gasteiger partial charge in [-0.2, -0.15) is 0 Å². The van der Waals surface area contributed by atoms with Crippen molar-refractivity contribution in [2.75, 3.05) is 0 Å². The van der Waals surface area contributed by atoms with Crippen molar-refractivity contribution in [3.8, 4) is 5.75 Å². The lowest BCUT2D eigenvalue weighted by atomic mass is 9.86. The van der Waals surface area contributed by atoms with Crippen LogP contribution in [0.5, 0.6) is 5.75 Å². The lowest BCUT2D eigenvalue weighted by Gasteiger charge is -2.25. The molecule has 0 aliphatic heterocycles. The number of rotatable bonds is 0. The summed E-state index contributed by atoms with van der Waals surface area (Å²) in [5.74, 6) is -0.477. The number of phenols is 1. The van der Waals surface area contributed by atoms with Crippen LogP contribution in [-0.4, -0.2) is 27.2 Å². The van der Waals surface area contributed by atoms with Gasteiger partial charge >= 0.3 is 0 Å². The average Bonchev–Trinajstić information content (AvgIpc) is 2.14. The van der Waals surface area contributed by atoms with E-state index < -0.39 is 12.2 Å². The highest BCUT2D eigenvalue weighted by atomic mass is 16.3. The molecule has 1 aromatic carbocycles. The third kappa shape index (κ3) is 1.20. The van der Waals surface area contributed by atoms with Gasteiger partial charge < -0.3 is 15.3 Å². The second-order valence-electron chi connectivity index (χ2n) is 3.38. The van der Waals surface area contributed by atoms with Gasteiger partial charge in [-0.3, -0.25) is 4.79 Å². The van der Waals surface area contributed by atoms with Crippen molar-refractivity contribution in [3.63, 3.8) is 0 Å². The summed E-state index contributed by atoms with van der Waals surface area (Å²) in [6, 6.07) is 4.45. The summed E-state index contributed by atoms with van der Waals surface area (Å²) in [5, 5.41) is 28.3. The number of aliphatic hydroxyl groups is 2. The van der Waals surface area contributed by atoms with Crippen molar-refractivity contribution in [3.05, 3.63) is 29.3 Å². The van der Waals surface area contributed by atoms with E-state index in [1.807, 2.05) is 0 Å². The van der Waals surface area contributed by atoms with Gasteiger partial charge in [0.1, 0.15) is 11.9 Å². The van der Waals surface area contributed by atoms with Crippen LogP contribution in [0.4, 0.5) is 0 Å². The number of benzene rings is 1. The minimum atomic E-state index is -1.09. The van der Waals surface area contributed by atoms with Gasteiger partial charge in [0.15, 0.2) is 5.78 Å². The van der Waals surface area contributed by atoms with E-state index >= 15 is 0 Å². The lowest BCUT2D eigenvalue weighted by Crippen LogP contribution is -2.29. The molecule has 0 amide bonds. The SMILES string of the molecule is O=C1C[C@@H](O)[C@@H](O)c2cccc(O)c21. The quantitative estimate of drug-likeness (QED) is 0.557. The number of fused-ring (bicyclic) bond motifs is 1. The molecule has 4 nitrogen and oxygen atoms in total. The number of ketones is 1. The number of phenolic OH excluding ortho intramolecular Hbond substituents is 1. The third-order valence-corrected chi connectivity index (χ3v) is 2.43. The second-order valence-corrected chi connectivity index (χ2v) is 3.38. The summed E-state index contributed by atoms with van der Waals surface area (Å²) >= 11 is 0. The van der Waals surface area contributed by atoms with Crippen LogP contribution in [0.15, 0.2) is 18.2 Å². The second kappa shape index (κ2) is 3.08. The first kappa shape index (κ1) is 9.18. The molecule has 14 heavy (non-hydrogen) atoms. The minimum absolute atomic E-state index is 0.130. The lowest BCUT2D eigenvalue weighted by molar-refractivity contribution is 0.00844. The van der Waals surface area contributed by atoms with E-state index in [2.05, 4.69) is 0 Å². The normalized spacial score (nSPS) is 26.0. The number of aromatic hydroxyl groups is 1. The van der Waals surface area contributed by atoms with Gasteiger partial charge in [-0.1, -0.05) is 12.1 Å². The Bertz CT molecular complexity index is 386. The molecule has 0 aromatic heterocycles. The van der Waals surface area contributed by atoms with Crippen molar-refractivity contribution < 1.29 is 20.1 Å². The summed E-state index contributed by atoms with van der Waals surface area (Å²) in [7, 11) is 0. The molecule has 2 atom stereocenters. The topological polar surface area (TPSA) is 77.8 Å². The van der Waals surface area contributed by atoms with E-state index in [9.17, 15) is 20.1 Å². The Kier molecular flexibility index (Phi) is 2.02. The van der Waals surface area contributed by atoms with Gasteiger partial charge in [0.25, 0.3) is 0 Å². The zero-order chi connectivity index (χ0) is 10.3. The maximum absolute atomic E-state index is 11.4. The van der Waals surface area contributed by atoms with Crippen LogP contribution >= 0.6 is 0 Å². The van der Waals surface area contributed by atoms with Gasteiger partial charge in [-0.05, 0) is 11.6 Å². The van der Waals surface area contributed by atoms with E-state index in [4.69, 9.17) is 0 Å². The number of aliphatic hydroxyl groups excluding tert-OH is 2. The Morgan fingerprint density at radius 3 is 2.71 bits per heavy atom. The number of carbonyl (C=O) groups excluding carboxylic acids is 1. The van der Waals surface area contributed by atoms with E-state index in [0.29, 0.717) is 5.56 Å². The maximum Gasteiger partial charge on any atom is 0.169 e. The maximum atomic E-state index is 11.4. The Labute approximate surface area is 80.4 Å². The molecule has 2 rings (SSSR count). The first-order valence-electron chi connectivity index (χ1n) is 4.32. The van der Waals surface area contributed by atoms with Gasteiger partial charge in [0.2, 0.25) is 0 Å². The fourth-order valence-corrected chi connectivity index (χ4v) is 1.72. The smallest absolute Gasteiger partial charge is 0.169 e. The molecule has 0 heterocycles. The van der Waals surface area contributed by atoms with Gasteiger partial charge in [0, 0.05) is 6.42 Å². The monoisotopic (exact) mass is 194 g/mol. The predicted molar refractivity (Wildman–Crippen MR) is 48.0 cm³/mol. The molecule has 0 saturated carbocycles. The first-order valence-corrected chi connectivity index (χ1v) is 4.32. The molecule has 4 heteroatoms. The molecule has 0 saturated heterocycles. The van der Waals surface area contributed by atoms with Crippen molar-refractivity contribution in [1.82, 2.24) is 0 Å². The van der Waals surface area contributed by atoms with E-state index in [1.54, 1.807) is 0 Å². The van der Waals surface area contributed by atoms with Crippen LogP contribution in [0.3, 0.4) is 0 Å². The van der Waals surface area contributed by atoms with E-state index in [0.717, 1.165) is 0 Å². The molecular formula is C10H10O4. The van der Waals surface area contributed by atoms with E-state index in [1.165, 1.54) is 18.2 Å². The molecule has 1 aliphatic rings. The summed E-state index contributed by atoms with van der Waals surface area (Å²) in [4.78, 5) is 11.4. The Morgan fingerprint density at radius 1 is 1.29 bits per heavy atom. The highest BCUT2D eigenvalue weighted by Crippen LogP contribution is 2.34. The van der Waals surface area contributed by atoms with Crippen LogP contribution < -0.4 is 0 Å². The van der Waals surface area contributed by atoms with Gasteiger partial charge in [0.05, 0.1) is 11.7 Å². The molecule has 3 N–H and O–H groups in total. The van der Waals surface area contributed by atoms with Gasteiger partial charge in [-0.15, -0.1) is 0 Å². The summed E-state index contributed by atoms with van der Waals surface area (Å²) < 4.78 is 0. The third-order valence-electron chi connectivity index (χ3n) is 2.43. The van der Waals surface area contributed by atoms with Crippen LogP contribution in [0.25, 0.3) is 0 Å². The zero-order valence-corrected chi connectivity index (χ0v) is 7.34. The summed E-state index contributed by atoms with van der Waals surface area (Å²) in [6.07, 6.45) is -2.31. The van der Waals surface area contributed by atoms with Crippen molar-refractivity contribution >= 4 is 5.78 Å². The molecule has 0 radical (unpaired) electrons. The predicted octanol–water partition coefficient (Wildman–Crippen LogP) is 0.373. The van der Waals surface area contributed by atoms with Crippen LogP contribution in [0.2, 0.25) is 0 Å². The fraction of sp³-hybridized carbons (Fsp3) is 0.300. The van der Waals surface area contributed by atoms with E-state index in [-0.39, 0.29) is 23.5 Å². The van der Waals surface area contributed by atoms with Crippen molar-refractivity contribution in [2.24, 2.45) is 0 Å². The highest BCUT2D eigenvalue weighted by Gasteiger charge is 2.33. The molecule has 0 unspecified atom stereocenters. The van der Waals surface area contributed by atoms with Crippen LogP contribution in [0, 0.1) is 0 Å². The van der Waals surface area contributed by atoms with Crippen molar-refractivity contribution in [1.29, 1.82) is 0 Å². The molecule has 0 spiro atoms. The molecule has 1 aliphatic carbocycles. The van der Waals surface area contributed by atoms with Gasteiger partial charge in [-0.25, -0.2) is 0 Å². The Hall–Kier alpha value is -1.39. The minimum Gasteiger partial charge on any atom is -0.507 e. The largest absolute Gasteiger partial charge is 0.507 e. The Morgan fingerprint density at radius 2 is 2.00 bits per heavy atom. The number of hydrogen-bond donors (Lipinski definition) is 3. The number of hydrogen-bond acceptors (Lipinski definition) is 4. The summed E-state index contributed by atoms with van der Waals surface area (Å²) in [5.41, 5.74) is 0.430. The summed E-state index contributed by atoms with van der Waals surface area (Å²) in [6.45, 7) is 0. The molecule has 0 fully saturated rings.